The van der Waals surface area contributed by atoms with E-state index in [4.69, 9.17) is 0 Å². The van der Waals surface area contributed by atoms with E-state index in [1.54, 1.807) is 11.3 Å². The van der Waals surface area contributed by atoms with Gasteiger partial charge in [0.25, 0.3) is 0 Å². The van der Waals surface area contributed by atoms with Crippen LogP contribution in [0, 0.1) is 0 Å². The molecule has 2 fully saturated rings. The van der Waals surface area contributed by atoms with E-state index in [2.05, 4.69) is 44.5 Å². The van der Waals surface area contributed by atoms with E-state index in [1.165, 1.54) is 11.4 Å². The average Bonchev–Trinajstić information content (AvgIpc) is 3.20. The molecule has 2 aliphatic rings. The molecule has 2 aliphatic heterocycles. The molecule has 6 nitrogen and oxygen atoms in total. The third kappa shape index (κ3) is 4.87. The van der Waals surface area contributed by atoms with Gasteiger partial charge in [-0.2, -0.15) is 0 Å². The van der Waals surface area contributed by atoms with E-state index in [1.807, 2.05) is 4.90 Å². The molecule has 1 N–H and O–H groups in total. The molecule has 2 saturated heterocycles. The molecule has 0 unspecified atom stereocenters. The van der Waals surface area contributed by atoms with Crippen LogP contribution in [0.3, 0.4) is 0 Å². The van der Waals surface area contributed by atoms with Crippen molar-refractivity contribution in [3.8, 4) is 0 Å². The van der Waals surface area contributed by atoms with Gasteiger partial charge >= 0.3 is 0 Å². The third-order valence-corrected chi connectivity index (χ3v) is 5.73. The first-order chi connectivity index (χ1) is 12.3. The molecule has 0 atom stereocenters. The maximum absolute atomic E-state index is 12.4. The van der Waals surface area contributed by atoms with Crippen molar-refractivity contribution in [2.75, 3.05) is 57.3 Å². The number of hydrogen-bond acceptors (Lipinski definition) is 4. The van der Waals surface area contributed by atoms with Crippen LogP contribution in [0.1, 0.15) is 26.2 Å². The van der Waals surface area contributed by atoms with Gasteiger partial charge in [0.2, 0.25) is 5.91 Å². The molecule has 7 heteroatoms. The molecule has 0 bridgehead atoms. The standard InChI is InChI=1S/C18H29N5OS/c1-2-19-18(20-15-16(24)21-8-4-3-5-9-21)23-12-10-22(11-13-23)17-7-6-14-25-17/h6-7,14H,2-5,8-13,15H2,1H3,(H,19,20). The minimum atomic E-state index is 0.160. The minimum absolute atomic E-state index is 0.160. The molecule has 0 aliphatic carbocycles. The van der Waals surface area contributed by atoms with Crippen LogP contribution >= 0.6 is 11.3 Å². The normalized spacial score (nSPS) is 19.2. The summed E-state index contributed by atoms with van der Waals surface area (Å²) in [4.78, 5) is 23.6. The Labute approximate surface area is 154 Å². The summed E-state index contributed by atoms with van der Waals surface area (Å²) in [6.45, 7) is 8.78. The minimum Gasteiger partial charge on any atom is -0.360 e. The number of aliphatic imine (C=N–C) groups is 1. The molecule has 138 valence electrons. The number of thiophene rings is 1. The Hall–Kier alpha value is -1.76. The fourth-order valence-electron chi connectivity index (χ4n) is 3.40. The first kappa shape index (κ1) is 18.0. The second-order valence-electron chi connectivity index (χ2n) is 6.54. The molecule has 1 amide bonds. The van der Waals surface area contributed by atoms with Crippen LogP contribution < -0.4 is 10.2 Å². The van der Waals surface area contributed by atoms with Crippen molar-refractivity contribution < 1.29 is 4.79 Å². The van der Waals surface area contributed by atoms with Gasteiger partial charge in [0.15, 0.2) is 5.96 Å². The maximum atomic E-state index is 12.4. The summed E-state index contributed by atoms with van der Waals surface area (Å²) in [6.07, 6.45) is 3.49. The zero-order chi connectivity index (χ0) is 17.5. The lowest BCUT2D eigenvalue weighted by Gasteiger charge is -2.37. The fraction of sp³-hybridized carbons (Fsp3) is 0.667. The number of carbonyl (C=O) groups excluding carboxylic acids is 1. The van der Waals surface area contributed by atoms with Gasteiger partial charge in [0.1, 0.15) is 6.54 Å². The second kappa shape index (κ2) is 9.08. The zero-order valence-corrected chi connectivity index (χ0v) is 15.9. The van der Waals surface area contributed by atoms with Crippen molar-refractivity contribution in [2.45, 2.75) is 26.2 Å². The average molecular weight is 364 g/mol. The van der Waals surface area contributed by atoms with Crippen LogP contribution in [-0.2, 0) is 4.79 Å². The van der Waals surface area contributed by atoms with E-state index >= 15 is 0 Å². The van der Waals surface area contributed by atoms with Gasteiger partial charge in [0.05, 0.1) is 5.00 Å². The van der Waals surface area contributed by atoms with Gasteiger partial charge in [-0.1, -0.05) is 0 Å². The van der Waals surface area contributed by atoms with Crippen LogP contribution in [0.4, 0.5) is 5.00 Å². The number of amides is 1. The molecule has 0 radical (unpaired) electrons. The molecule has 0 aromatic carbocycles. The van der Waals surface area contributed by atoms with Crippen LogP contribution in [0.15, 0.2) is 22.5 Å². The highest BCUT2D eigenvalue weighted by molar-refractivity contribution is 7.14. The smallest absolute Gasteiger partial charge is 0.244 e. The maximum Gasteiger partial charge on any atom is 0.244 e. The summed E-state index contributed by atoms with van der Waals surface area (Å²) in [5.74, 6) is 1.03. The van der Waals surface area contributed by atoms with Crippen LogP contribution in [-0.4, -0.2) is 74.0 Å². The number of nitrogens with zero attached hydrogens (tertiary/aromatic N) is 4. The van der Waals surface area contributed by atoms with Crippen LogP contribution in [0.2, 0.25) is 0 Å². The van der Waals surface area contributed by atoms with Gasteiger partial charge in [-0.05, 0) is 43.7 Å². The molecule has 25 heavy (non-hydrogen) atoms. The molecule has 0 spiro atoms. The predicted octanol–water partition coefficient (Wildman–Crippen LogP) is 1.85. The van der Waals surface area contributed by atoms with E-state index in [0.717, 1.165) is 64.6 Å². The van der Waals surface area contributed by atoms with Crippen LogP contribution in [0.25, 0.3) is 0 Å². The Morgan fingerprint density at radius 3 is 2.52 bits per heavy atom. The van der Waals surface area contributed by atoms with Crippen molar-refractivity contribution in [1.29, 1.82) is 0 Å². The summed E-state index contributed by atoms with van der Waals surface area (Å²) in [7, 11) is 0. The molecule has 1 aromatic rings. The highest BCUT2D eigenvalue weighted by Gasteiger charge is 2.21. The van der Waals surface area contributed by atoms with Gasteiger partial charge < -0.3 is 20.0 Å². The van der Waals surface area contributed by atoms with Gasteiger partial charge in [0, 0.05) is 45.8 Å². The number of carbonyl (C=O) groups is 1. The third-order valence-electron chi connectivity index (χ3n) is 4.80. The second-order valence-corrected chi connectivity index (χ2v) is 7.46. The van der Waals surface area contributed by atoms with Crippen molar-refractivity contribution in [2.24, 2.45) is 4.99 Å². The Bertz CT molecular complexity index is 560. The summed E-state index contributed by atoms with van der Waals surface area (Å²) < 4.78 is 0. The number of nitrogens with one attached hydrogen (secondary N) is 1. The highest BCUT2D eigenvalue weighted by Crippen LogP contribution is 2.22. The Morgan fingerprint density at radius 1 is 1.12 bits per heavy atom. The van der Waals surface area contributed by atoms with Crippen molar-refractivity contribution in [3.63, 3.8) is 0 Å². The molecule has 0 saturated carbocycles. The number of piperidine rings is 1. The van der Waals surface area contributed by atoms with E-state index < -0.39 is 0 Å². The molecule has 3 heterocycles. The van der Waals surface area contributed by atoms with E-state index in [0.29, 0.717) is 0 Å². The molecule has 1 aromatic heterocycles. The zero-order valence-electron chi connectivity index (χ0n) is 15.1. The van der Waals surface area contributed by atoms with Crippen molar-refractivity contribution in [1.82, 2.24) is 15.1 Å². The lowest BCUT2D eigenvalue weighted by atomic mass is 10.1. The highest BCUT2D eigenvalue weighted by atomic mass is 32.1. The summed E-state index contributed by atoms with van der Waals surface area (Å²) >= 11 is 1.79. The Balaban J connectivity index is 1.54. The number of hydrogen-bond donors (Lipinski definition) is 1. The van der Waals surface area contributed by atoms with E-state index in [-0.39, 0.29) is 12.5 Å². The van der Waals surface area contributed by atoms with E-state index in [9.17, 15) is 4.79 Å². The van der Waals surface area contributed by atoms with Crippen molar-refractivity contribution >= 4 is 28.2 Å². The van der Waals surface area contributed by atoms with Crippen molar-refractivity contribution in [3.05, 3.63) is 17.5 Å². The monoisotopic (exact) mass is 363 g/mol. The number of piperazine rings is 1. The first-order valence-electron chi connectivity index (χ1n) is 9.37. The number of rotatable bonds is 4. The lowest BCUT2D eigenvalue weighted by Crippen LogP contribution is -2.52. The molecule has 3 rings (SSSR count). The van der Waals surface area contributed by atoms with Crippen LogP contribution in [0.5, 0.6) is 0 Å². The first-order valence-corrected chi connectivity index (χ1v) is 10.3. The number of anilines is 1. The largest absolute Gasteiger partial charge is 0.360 e. The number of guanidine groups is 1. The quantitative estimate of drug-likeness (QED) is 0.655. The SMILES string of the molecule is CCNC(=NCC(=O)N1CCCCC1)N1CCN(c2cccs2)CC1. The summed E-state index contributed by atoms with van der Waals surface area (Å²) in [5.41, 5.74) is 0. The fourth-order valence-corrected chi connectivity index (χ4v) is 4.19. The molecular weight excluding hydrogens is 334 g/mol. The topological polar surface area (TPSA) is 51.2 Å². The van der Waals surface area contributed by atoms with Gasteiger partial charge in [-0.15, -0.1) is 11.3 Å². The Morgan fingerprint density at radius 2 is 1.88 bits per heavy atom. The predicted molar refractivity (Wildman–Crippen MR) is 105 cm³/mol. The summed E-state index contributed by atoms with van der Waals surface area (Å²) in [6, 6.07) is 4.28. The Kier molecular flexibility index (Phi) is 6.55. The van der Waals surface area contributed by atoms with Gasteiger partial charge in [-0.3, -0.25) is 4.79 Å². The molecular formula is C18H29N5OS. The lowest BCUT2D eigenvalue weighted by molar-refractivity contribution is -0.130. The van der Waals surface area contributed by atoms with Gasteiger partial charge in [-0.25, -0.2) is 4.99 Å². The summed E-state index contributed by atoms with van der Waals surface area (Å²) in [5, 5.41) is 6.81. The number of likely N-dealkylation sites (tertiary alicyclic amines) is 1.